The van der Waals surface area contributed by atoms with Crippen molar-refractivity contribution >= 4 is 5.82 Å². The quantitative estimate of drug-likeness (QED) is 0.799. The third kappa shape index (κ3) is 3.20. The zero-order valence-corrected chi connectivity index (χ0v) is 11.4. The Morgan fingerprint density at radius 2 is 2.12 bits per heavy atom. The Bertz CT molecular complexity index is 432. The summed E-state index contributed by atoms with van der Waals surface area (Å²) in [6.07, 6.45) is 1.14. The van der Waals surface area contributed by atoms with Gasteiger partial charge >= 0.3 is 0 Å². The summed E-state index contributed by atoms with van der Waals surface area (Å²) in [5, 5.41) is 9.21. The van der Waals surface area contributed by atoms with Crippen molar-refractivity contribution < 1.29 is 0 Å². The van der Waals surface area contributed by atoms with Crippen LogP contribution in [0, 0.1) is 31.1 Å². The van der Waals surface area contributed by atoms with Crippen LogP contribution in [0.5, 0.6) is 0 Å². The zero-order valence-electron chi connectivity index (χ0n) is 11.4. The molecule has 0 aromatic carbocycles. The average Bonchev–Trinajstić information content (AvgIpc) is 2.27. The summed E-state index contributed by atoms with van der Waals surface area (Å²) in [6, 6.07) is 4.22. The molecule has 0 N–H and O–H groups in total. The van der Waals surface area contributed by atoms with Crippen molar-refractivity contribution in [3.8, 4) is 6.07 Å². The molecule has 92 valence electrons. The molecule has 1 rings (SSSR count). The fourth-order valence-corrected chi connectivity index (χ4v) is 1.91. The van der Waals surface area contributed by atoms with Crippen LogP contribution in [0.2, 0.25) is 0 Å². The van der Waals surface area contributed by atoms with Gasteiger partial charge in [-0.1, -0.05) is 20.3 Å². The van der Waals surface area contributed by atoms with Crippen LogP contribution in [0.15, 0.2) is 6.07 Å². The predicted molar refractivity (Wildman–Crippen MR) is 71.2 cm³/mol. The normalized spacial score (nSPS) is 12.0. The molecule has 1 atom stereocenters. The molecule has 0 aliphatic carbocycles. The first-order chi connectivity index (χ1) is 7.99. The van der Waals surface area contributed by atoms with E-state index in [1.807, 2.05) is 27.0 Å². The first-order valence-electron chi connectivity index (χ1n) is 6.09. The van der Waals surface area contributed by atoms with Crippen molar-refractivity contribution in [2.75, 3.05) is 18.5 Å². The van der Waals surface area contributed by atoms with Gasteiger partial charge in [0, 0.05) is 19.3 Å². The molecule has 0 radical (unpaired) electrons. The maximum absolute atomic E-state index is 9.21. The topological polar surface area (TPSA) is 39.9 Å². The van der Waals surface area contributed by atoms with Crippen molar-refractivity contribution in [3.05, 3.63) is 22.9 Å². The van der Waals surface area contributed by atoms with Crippen molar-refractivity contribution in [2.45, 2.75) is 34.1 Å². The van der Waals surface area contributed by atoms with Gasteiger partial charge in [0.15, 0.2) is 0 Å². The Morgan fingerprint density at radius 1 is 1.47 bits per heavy atom. The van der Waals surface area contributed by atoms with E-state index in [1.165, 1.54) is 0 Å². The standard InChI is InChI=1S/C14H21N3/c1-6-10(2)9-17(5)14-13(8-15)11(3)7-12(4)16-14/h7,10H,6,9H2,1-5H3. The molecule has 3 heteroatoms. The molecule has 1 aromatic heterocycles. The van der Waals surface area contributed by atoms with Crippen LogP contribution >= 0.6 is 0 Å². The Kier molecular flexibility index (Phi) is 4.51. The number of hydrogen-bond donors (Lipinski definition) is 0. The number of aromatic nitrogens is 1. The molecule has 0 fully saturated rings. The Morgan fingerprint density at radius 3 is 2.65 bits per heavy atom. The van der Waals surface area contributed by atoms with E-state index < -0.39 is 0 Å². The molecule has 0 aliphatic heterocycles. The van der Waals surface area contributed by atoms with Gasteiger partial charge in [0.2, 0.25) is 0 Å². The summed E-state index contributed by atoms with van der Waals surface area (Å²) in [4.78, 5) is 6.59. The summed E-state index contributed by atoms with van der Waals surface area (Å²) in [6.45, 7) is 9.26. The number of anilines is 1. The zero-order chi connectivity index (χ0) is 13.0. The van der Waals surface area contributed by atoms with Crippen molar-refractivity contribution in [2.24, 2.45) is 5.92 Å². The second-order valence-corrected chi connectivity index (χ2v) is 4.78. The lowest BCUT2D eigenvalue weighted by Crippen LogP contribution is -2.25. The van der Waals surface area contributed by atoms with Gasteiger partial charge in [0.1, 0.15) is 11.9 Å². The minimum atomic E-state index is 0.606. The predicted octanol–water partition coefficient (Wildman–Crippen LogP) is 3.05. The van der Waals surface area contributed by atoms with Gasteiger partial charge in [0.05, 0.1) is 5.56 Å². The van der Waals surface area contributed by atoms with E-state index in [1.54, 1.807) is 0 Å². The fraction of sp³-hybridized carbons (Fsp3) is 0.571. The van der Waals surface area contributed by atoms with Crippen LogP contribution < -0.4 is 4.90 Å². The molecule has 1 unspecified atom stereocenters. The Labute approximate surface area is 104 Å². The van der Waals surface area contributed by atoms with E-state index in [0.717, 1.165) is 30.0 Å². The minimum absolute atomic E-state index is 0.606. The SMILES string of the molecule is CCC(C)CN(C)c1nc(C)cc(C)c1C#N. The van der Waals surface area contributed by atoms with Crippen LogP contribution in [0.4, 0.5) is 5.82 Å². The number of rotatable bonds is 4. The Hall–Kier alpha value is -1.56. The second-order valence-electron chi connectivity index (χ2n) is 4.78. The van der Waals surface area contributed by atoms with Crippen LogP contribution in [-0.2, 0) is 0 Å². The van der Waals surface area contributed by atoms with E-state index in [0.29, 0.717) is 11.5 Å². The van der Waals surface area contributed by atoms with Crippen LogP contribution in [0.25, 0.3) is 0 Å². The lowest BCUT2D eigenvalue weighted by atomic mass is 10.1. The highest BCUT2D eigenvalue weighted by atomic mass is 15.2. The molecule has 0 aliphatic rings. The number of nitriles is 1. The van der Waals surface area contributed by atoms with Crippen LogP contribution in [0.3, 0.4) is 0 Å². The highest BCUT2D eigenvalue weighted by molar-refractivity contribution is 5.57. The molecule has 0 saturated heterocycles. The van der Waals surface area contributed by atoms with Crippen molar-refractivity contribution in [3.63, 3.8) is 0 Å². The van der Waals surface area contributed by atoms with E-state index in [-0.39, 0.29) is 0 Å². The first kappa shape index (κ1) is 13.5. The highest BCUT2D eigenvalue weighted by Crippen LogP contribution is 2.21. The van der Waals surface area contributed by atoms with Gasteiger partial charge in [-0.15, -0.1) is 0 Å². The second kappa shape index (κ2) is 5.67. The van der Waals surface area contributed by atoms with Gasteiger partial charge in [0.25, 0.3) is 0 Å². The molecule has 3 nitrogen and oxygen atoms in total. The Balaban J connectivity index is 3.08. The molecular weight excluding hydrogens is 210 g/mol. The van der Waals surface area contributed by atoms with Gasteiger partial charge in [-0.3, -0.25) is 0 Å². The lowest BCUT2D eigenvalue weighted by molar-refractivity contribution is 0.557. The maximum atomic E-state index is 9.21. The lowest BCUT2D eigenvalue weighted by Gasteiger charge is -2.23. The number of nitrogens with zero attached hydrogens (tertiary/aromatic N) is 3. The highest BCUT2D eigenvalue weighted by Gasteiger charge is 2.14. The van der Waals surface area contributed by atoms with Crippen molar-refractivity contribution in [1.82, 2.24) is 4.98 Å². The molecular formula is C14H21N3. The summed E-state index contributed by atoms with van der Waals surface area (Å²) < 4.78 is 0. The van der Waals surface area contributed by atoms with E-state index in [4.69, 9.17) is 0 Å². The van der Waals surface area contributed by atoms with Crippen LogP contribution in [0.1, 0.15) is 37.1 Å². The third-order valence-corrected chi connectivity index (χ3v) is 3.08. The van der Waals surface area contributed by atoms with Gasteiger partial charge in [-0.05, 0) is 31.4 Å². The number of pyridine rings is 1. The summed E-state index contributed by atoms with van der Waals surface area (Å²) >= 11 is 0. The van der Waals surface area contributed by atoms with Crippen LogP contribution in [-0.4, -0.2) is 18.6 Å². The number of hydrogen-bond acceptors (Lipinski definition) is 3. The van der Waals surface area contributed by atoms with Gasteiger partial charge < -0.3 is 4.90 Å². The maximum Gasteiger partial charge on any atom is 0.146 e. The molecule has 1 aromatic rings. The number of aryl methyl sites for hydroxylation is 2. The fourth-order valence-electron chi connectivity index (χ4n) is 1.91. The molecule has 1 heterocycles. The average molecular weight is 231 g/mol. The van der Waals surface area contributed by atoms with Gasteiger partial charge in [-0.2, -0.15) is 5.26 Å². The summed E-state index contributed by atoms with van der Waals surface area (Å²) in [5.74, 6) is 1.42. The van der Waals surface area contributed by atoms with Crippen molar-refractivity contribution in [1.29, 1.82) is 5.26 Å². The largest absolute Gasteiger partial charge is 0.358 e. The minimum Gasteiger partial charge on any atom is -0.358 e. The molecule has 0 spiro atoms. The molecule has 0 bridgehead atoms. The van der Waals surface area contributed by atoms with E-state index >= 15 is 0 Å². The molecule has 0 saturated carbocycles. The monoisotopic (exact) mass is 231 g/mol. The first-order valence-corrected chi connectivity index (χ1v) is 6.09. The molecule has 0 amide bonds. The smallest absolute Gasteiger partial charge is 0.146 e. The summed E-state index contributed by atoms with van der Waals surface area (Å²) in [7, 11) is 2.01. The third-order valence-electron chi connectivity index (χ3n) is 3.08. The molecule has 17 heavy (non-hydrogen) atoms. The van der Waals surface area contributed by atoms with E-state index in [2.05, 4.69) is 29.8 Å². The summed E-state index contributed by atoms with van der Waals surface area (Å²) in [5.41, 5.74) is 2.67. The van der Waals surface area contributed by atoms with E-state index in [9.17, 15) is 5.26 Å². The van der Waals surface area contributed by atoms with Gasteiger partial charge in [-0.25, -0.2) is 4.98 Å².